The van der Waals surface area contributed by atoms with Gasteiger partial charge in [0.25, 0.3) is 0 Å². The Kier molecular flexibility index (Phi) is 7.03. The molecule has 6 heteroatoms. The first-order chi connectivity index (χ1) is 14.2. The maximum Gasteiger partial charge on any atom is 0.120 e. The summed E-state index contributed by atoms with van der Waals surface area (Å²) >= 11 is 0. The number of H-pyrrole nitrogens is 2. The molecule has 2 saturated heterocycles. The van der Waals surface area contributed by atoms with Crippen molar-refractivity contribution in [3.63, 3.8) is 0 Å². The Morgan fingerprint density at radius 3 is 2.66 bits per heavy atom. The molecule has 2 aromatic heterocycles. The summed E-state index contributed by atoms with van der Waals surface area (Å²) in [5, 5.41) is 0. The zero-order valence-electron chi connectivity index (χ0n) is 18.2. The van der Waals surface area contributed by atoms with Crippen LogP contribution in [0.25, 0.3) is 0 Å². The molecule has 0 radical (unpaired) electrons. The molecule has 29 heavy (non-hydrogen) atoms. The van der Waals surface area contributed by atoms with Crippen molar-refractivity contribution in [3.05, 3.63) is 35.9 Å². The highest BCUT2D eigenvalue weighted by atomic mass is 15.2. The Hall–Kier alpha value is -1.66. The highest BCUT2D eigenvalue weighted by Crippen LogP contribution is 2.27. The van der Waals surface area contributed by atoms with Gasteiger partial charge in [-0.25, -0.2) is 9.97 Å². The molecule has 4 rings (SSSR count). The monoisotopic (exact) mass is 398 g/mol. The van der Waals surface area contributed by atoms with Crippen LogP contribution in [0, 0.1) is 17.8 Å². The Morgan fingerprint density at radius 1 is 1.07 bits per heavy atom. The standard InChI is InChI=1S/C23H38N6/c1-3-19-6-4-10-28(14-19)17-23-26-13-21(27-23)12-18(2)20-7-5-11-29(15-20)16-22-24-8-9-25-22/h8-9,13,18-20H,3-7,10-12,14-17H2,1-2H3,(H,24,25)(H,26,27)/t18?,19-,20+/m1/s1. The molecule has 0 amide bonds. The van der Waals surface area contributed by atoms with E-state index in [1.54, 1.807) is 0 Å². The third kappa shape index (κ3) is 5.70. The first kappa shape index (κ1) is 20.6. The van der Waals surface area contributed by atoms with Crippen molar-refractivity contribution in [1.29, 1.82) is 0 Å². The van der Waals surface area contributed by atoms with Crippen LogP contribution in [0.15, 0.2) is 18.6 Å². The van der Waals surface area contributed by atoms with Gasteiger partial charge in [0, 0.05) is 37.4 Å². The molecule has 3 atom stereocenters. The third-order valence-electron chi connectivity index (χ3n) is 7.05. The molecule has 2 aromatic rings. The van der Waals surface area contributed by atoms with Crippen LogP contribution in [-0.2, 0) is 19.5 Å². The quantitative estimate of drug-likeness (QED) is 0.709. The van der Waals surface area contributed by atoms with E-state index in [4.69, 9.17) is 4.98 Å². The average molecular weight is 399 g/mol. The minimum atomic E-state index is 0.669. The van der Waals surface area contributed by atoms with Gasteiger partial charge in [-0.05, 0) is 62.9 Å². The van der Waals surface area contributed by atoms with Crippen molar-refractivity contribution in [2.45, 2.75) is 65.5 Å². The maximum atomic E-state index is 4.70. The Bertz CT molecular complexity index is 724. The van der Waals surface area contributed by atoms with Crippen molar-refractivity contribution in [2.75, 3.05) is 26.2 Å². The van der Waals surface area contributed by atoms with E-state index in [2.05, 4.69) is 44.8 Å². The summed E-state index contributed by atoms with van der Waals surface area (Å²) < 4.78 is 0. The smallest absolute Gasteiger partial charge is 0.120 e. The zero-order chi connectivity index (χ0) is 20.1. The molecule has 2 fully saturated rings. The number of hydrogen-bond donors (Lipinski definition) is 2. The topological polar surface area (TPSA) is 63.8 Å². The molecule has 0 aliphatic carbocycles. The molecule has 6 nitrogen and oxygen atoms in total. The van der Waals surface area contributed by atoms with Crippen molar-refractivity contribution in [3.8, 4) is 0 Å². The third-order valence-corrected chi connectivity index (χ3v) is 7.05. The van der Waals surface area contributed by atoms with Crippen molar-refractivity contribution >= 4 is 0 Å². The Morgan fingerprint density at radius 2 is 1.86 bits per heavy atom. The first-order valence-corrected chi connectivity index (χ1v) is 11.6. The summed E-state index contributed by atoms with van der Waals surface area (Å²) in [6.45, 7) is 11.5. The molecule has 2 aliphatic rings. The number of aromatic amines is 2. The molecule has 0 spiro atoms. The molecule has 0 saturated carbocycles. The number of piperidine rings is 2. The van der Waals surface area contributed by atoms with E-state index in [0.717, 1.165) is 43.0 Å². The highest BCUT2D eigenvalue weighted by Gasteiger charge is 2.26. The number of nitrogens with zero attached hydrogens (tertiary/aromatic N) is 4. The number of imidazole rings is 2. The molecule has 0 bridgehead atoms. The Balaban J connectivity index is 1.26. The fourth-order valence-corrected chi connectivity index (χ4v) is 5.24. The summed E-state index contributed by atoms with van der Waals surface area (Å²) in [5.41, 5.74) is 1.31. The molecular weight excluding hydrogens is 360 g/mol. The lowest BCUT2D eigenvalue weighted by atomic mass is 9.84. The molecule has 2 N–H and O–H groups in total. The molecular formula is C23H38N6. The van der Waals surface area contributed by atoms with Gasteiger partial charge in [-0.15, -0.1) is 0 Å². The number of nitrogens with one attached hydrogen (secondary N) is 2. The fourth-order valence-electron chi connectivity index (χ4n) is 5.24. The normalized spacial score (nSPS) is 25.3. The van der Waals surface area contributed by atoms with Crippen LogP contribution in [0.5, 0.6) is 0 Å². The van der Waals surface area contributed by atoms with Gasteiger partial charge in [-0.3, -0.25) is 9.80 Å². The number of aromatic nitrogens is 4. The summed E-state index contributed by atoms with van der Waals surface area (Å²) in [7, 11) is 0. The lowest BCUT2D eigenvalue weighted by molar-refractivity contribution is 0.131. The first-order valence-electron chi connectivity index (χ1n) is 11.6. The van der Waals surface area contributed by atoms with Crippen LogP contribution in [0.1, 0.15) is 63.3 Å². The summed E-state index contributed by atoms with van der Waals surface area (Å²) in [6.07, 6.45) is 13.6. The lowest BCUT2D eigenvalue weighted by Crippen LogP contribution is -2.38. The van der Waals surface area contributed by atoms with Crippen molar-refractivity contribution in [1.82, 2.24) is 29.7 Å². The van der Waals surface area contributed by atoms with Gasteiger partial charge in [-0.2, -0.15) is 0 Å². The largest absolute Gasteiger partial charge is 0.348 e. The van der Waals surface area contributed by atoms with Crippen LogP contribution < -0.4 is 0 Å². The fraction of sp³-hybridized carbons (Fsp3) is 0.739. The Labute approximate surface area is 175 Å². The summed E-state index contributed by atoms with van der Waals surface area (Å²) in [6, 6.07) is 0. The van der Waals surface area contributed by atoms with E-state index in [-0.39, 0.29) is 0 Å². The van der Waals surface area contributed by atoms with Crippen LogP contribution >= 0.6 is 0 Å². The van der Waals surface area contributed by atoms with Gasteiger partial charge in [-0.1, -0.05) is 20.3 Å². The highest BCUT2D eigenvalue weighted by molar-refractivity contribution is 5.03. The van der Waals surface area contributed by atoms with E-state index in [0.29, 0.717) is 5.92 Å². The predicted octanol–water partition coefficient (Wildman–Crippen LogP) is 3.85. The molecule has 4 heterocycles. The van der Waals surface area contributed by atoms with E-state index < -0.39 is 0 Å². The minimum Gasteiger partial charge on any atom is -0.348 e. The summed E-state index contributed by atoms with van der Waals surface area (Å²) in [4.78, 5) is 21.1. The van der Waals surface area contributed by atoms with Crippen LogP contribution in [0.3, 0.4) is 0 Å². The zero-order valence-corrected chi connectivity index (χ0v) is 18.2. The van der Waals surface area contributed by atoms with E-state index in [1.807, 2.05) is 12.4 Å². The number of rotatable bonds is 8. The van der Waals surface area contributed by atoms with Gasteiger partial charge in [0.15, 0.2) is 0 Å². The van der Waals surface area contributed by atoms with Crippen LogP contribution in [0.4, 0.5) is 0 Å². The molecule has 2 aliphatic heterocycles. The number of hydrogen-bond acceptors (Lipinski definition) is 4. The van der Waals surface area contributed by atoms with Gasteiger partial charge < -0.3 is 9.97 Å². The molecule has 0 aromatic carbocycles. The summed E-state index contributed by atoms with van der Waals surface area (Å²) in [5.74, 6) is 4.51. The van der Waals surface area contributed by atoms with Crippen molar-refractivity contribution < 1.29 is 0 Å². The van der Waals surface area contributed by atoms with Crippen LogP contribution in [-0.4, -0.2) is 55.9 Å². The average Bonchev–Trinajstić information content (AvgIpc) is 3.40. The van der Waals surface area contributed by atoms with Crippen LogP contribution in [0.2, 0.25) is 0 Å². The van der Waals surface area contributed by atoms with Gasteiger partial charge in [0.05, 0.1) is 13.1 Å². The number of likely N-dealkylation sites (tertiary alicyclic amines) is 2. The van der Waals surface area contributed by atoms with E-state index in [1.165, 1.54) is 64.0 Å². The SMILES string of the molecule is CC[C@@H]1CCCN(Cc2ncc(CC(C)[C@H]3CCCN(Cc4ncc[nH]4)C3)[nH]2)C1. The second-order valence-corrected chi connectivity index (χ2v) is 9.36. The predicted molar refractivity (Wildman–Crippen MR) is 116 cm³/mol. The molecule has 160 valence electrons. The van der Waals surface area contributed by atoms with Crippen molar-refractivity contribution in [2.24, 2.45) is 17.8 Å². The van der Waals surface area contributed by atoms with Gasteiger partial charge >= 0.3 is 0 Å². The van der Waals surface area contributed by atoms with E-state index in [9.17, 15) is 0 Å². The maximum absolute atomic E-state index is 4.70. The van der Waals surface area contributed by atoms with Gasteiger partial charge in [0.2, 0.25) is 0 Å². The molecule has 1 unspecified atom stereocenters. The lowest BCUT2D eigenvalue weighted by Gasteiger charge is -2.35. The minimum absolute atomic E-state index is 0.669. The van der Waals surface area contributed by atoms with E-state index >= 15 is 0 Å². The van der Waals surface area contributed by atoms with Gasteiger partial charge in [0.1, 0.15) is 11.6 Å². The second-order valence-electron chi connectivity index (χ2n) is 9.36. The second kappa shape index (κ2) is 9.90.